The summed E-state index contributed by atoms with van der Waals surface area (Å²) >= 11 is 0. The topological polar surface area (TPSA) is 117 Å². The van der Waals surface area contributed by atoms with Crippen molar-refractivity contribution in [2.24, 2.45) is 5.92 Å². The Bertz CT molecular complexity index is 765. The Balaban J connectivity index is 1.83. The zero-order valence-corrected chi connectivity index (χ0v) is 13.1. The van der Waals surface area contributed by atoms with Gasteiger partial charge in [-0.15, -0.1) is 0 Å². The average Bonchev–Trinajstić information content (AvgIpc) is 2.57. The van der Waals surface area contributed by atoms with E-state index in [4.69, 9.17) is 4.74 Å². The van der Waals surface area contributed by atoms with Crippen molar-refractivity contribution in [3.05, 3.63) is 52.5 Å². The molecule has 1 aliphatic carbocycles. The van der Waals surface area contributed by atoms with E-state index in [1.165, 1.54) is 6.20 Å². The van der Waals surface area contributed by atoms with Crippen LogP contribution >= 0.6 is 0 Å². The number of aromatic nitrogens is 3. The molecule has 2 aromatic heterocycles. The molecule has 3 rings (SSSR count). The van der Waals surface area contributed by atoms with Crippen LogP contribution in [0.25, 0.3) is 0 Å². The molecule has 1 unspecified atom stereocenters. The van der Waals surface area contributed by atoms with Gasteiger partial charge in [-0.3, -0.25) is 14.6 Å². The Morgan fingerprint density at radius 1 is 1.42 bits per heavy atom. The zero-order valence-electron chi connectivity index (χ0n) is 13.1. The predicted octanol–water partition coefficient (Wildman–Crippen LogP) is 0.415. The molecule has 24 heavy (non-hydrogen) atoms. The highest BCUT2D eigenvalue weighted by Gasteiger charge is 2.36. The van der Waals surface area contributed by atoms with Gasteiger partial charge in [0.15, 0.2) is 0 Å². The number of amides is 1. The van der Waals surface area contributed by atoms with Gasteiger partial charge in [-0.05, 0) is 30.4 Å². The molecule has 0 bridgehead atoms. The molecule has 3 N–H and O–H groups in total. The Morgan fingerprint density at radius 3 is 2.83 bits per heavy atom. The molecule has 0 radical (unpaired) electrons. The van der Waals surface area contributed by atoms with E-state index in [9.17, 15) is 14.7 Å². The van der Waals surface area contributed by atoms with Gasteiger partial charge < -0.3 is 20.1 Å². The smallest absolute Gasteiger partial charge is 0.271 e. The molecule has 0 aliphatic heterocycles. The summed E-state index contributed by atoms with van der Waals surface area (Å²) in [6.07, 6.45) is 6.43. The quantitative estimate of drug-likeness (QED) is 0.731. The number of carbonyl (C=O) groups is 1. The first-order valence-corrected chi connectivity index (χ1v) is 7.59. The van der Waals surface area contributed by atoms with Crippen LogP contribution in [0.1, 0.15) is 34.9 Å². The van der Waals surface area contributed by atoms with Crippen LogP contribution in [0.15, 0.2) is 35.6 Å². The average molecular weight is 330 g/mol. The number of H-pyrrole nitrogens is 1. The second-order valence-electron chi connectivity index (χ2n) is 5.79. The van der Waals surface area contributed by atoms with Crippen LogP contribution in [0.3, 0.4) is 0 Å². The van der Waals surface area contributed by atoms with Crippen molar-refractivity contribution < 1.29 is 14.6 Å². The summed E-state index contributed by atoms with van der Waals surface area (Å²) in [6.45, 7) is 0. The van der Waals surface area contributed by atoms with Gasteiger partial charge in [-0.2, -0.15) is 0 Å². The zero-order chi connectivity index (χ0) is 17.1. The second-order valence-corrected chi connectivity index (χ2v) is 5.79. The van der Waals surface area contributed by atoms with Gasteiger partial charge >= 0.3 is 0 Å². The summed E-state index contributed by atoms with van der Waals surface area (Å²) in [6, 6.07) is 1.49. The number of aliphatic hydroxyl groups excluding tert-OH is 1. The summed E-state index contributed by atoms with van der Waals surface area (Å²) < 4.78 is 5.18. The van der Waals surface area contributed by atoms with E-state index in [1.54, 1.807) is 19.5 Å². The summed E-state index contributed by atoms with van der Waals surface area (Å²) in [5, 5.41) is 12.5. The van der Waals surface area contributed by atoms with Crippen molar-refractivity contribution >= 4 is 5.91 Å². The van der Waals surface area contributed by atoms with Crippen LogP contribution in [0.2, 0.25) is 0 Å². The highest BCUT2D eigenvalue weighted by atomic mass is 16.5. The third-order valence-electron chi connectivity index (χ3n) is 4.14. The Morgan fingerprint density at radius 2 is 2.21 bits per heavy atom. The Labute approximate surface area is 137 Å². The molecule has 1 atom stereocenters. The molecule has 1 fully saturated rings. The molecule has 0 aromatic carbocycles. The van der Waals surface area contributed by atoms with Crippen molar-refractivity contribution in [1.29, 1.82) is 0 Å². The number of nitrogens with zero attached hydrogens (tertiary/aromatic N) is 2. The molecule has 0 spiro atoms. The fraction of sp³-hybridized carbons (Fsp3) is 0.375. The molecule has 8 nitrogen and oxygen atoms in total. The van der Waals surface area contributed by atoms with E-state index in [-0.39, 0.29) is 29.3 Å². The summed E-state index contributed by atoms with van der Waals surface area (Å²) in [7, 11) is 1.55. The highest BCUT2D eigenvalue weighted by Crippen LogP contribution is 2.38. The van der Waals surface area contributed by atoms with Gasteiger partial charge in [0.2, 0.25) is 0 Å². The van der Waals surface area contributed by atoms with Gasteiger partial charge in [-0.1, -0.05) is 0 Å². The first-order chi connectivity index (χ1) is 11.6. The van der Waals surface area contributed by atoms with Gasteiger partial charge in [0.1, 0.15) is 11.4 Å². The van der Waals surface area contributed by atoms with E-state index in [1.807, 2.05) is 6.07 Å². The second kappa shape index (κ2) is 6.79. The molecule has 1 amide bonds. The van der Waals surface area contributed by atoms with Crippen LogP contribution in [0.4, 0.5) is 0 Å². The van der Waals surface area contributed by atoms with Crippen molar-refractivity contribution in [3.63, 3.8) is 0 Å². The number of ether oxygens (including phenoxy) is 1. The van der Waals surface area contributed by atoms with Crippen LogP contribution in [0, 0.1) is 5.92 Å². The SMILES string of the molecule is COc1cncc(C(NC(=O)c2c[nH]c(=O)cn2)C2CC(O)C2)c1. The minimum atomic E-state index is -0.402. The number of methoxy groups -OCH3 is 1. The lowest BCUT2D eigenvalue weighted by molar-refractivity contribution is 0.0234. The highest BCUT2D eigenvalue weighted by molar-refractivity contribution is 5.92. The number of aromatic amines is 1. The van der Waals surface area contributed by atoms with Crippen LogP contribution < -0.4 is 15.6 Å². The maximum absolute atomic E-state index is 12.4. The van der Waals surface area contributed by atoms with E-state index < -0.39 is 5.91 Å². The van der Waals surface area contributed by atoms with Crippen LogP contribution in [-0.2, 0) is 0 Å². The number of pyridine rings is 1. The predicted molar refractivity (Wildman–Crippen MR) is 84.6 cm³/mol. The molecular weight excluding hydrogens is 312 g/mol. The number of nitrogens with one attached hydrogen (secondary N) is 2. The molecule has 1 saturated carbocycles. The third-order valence-corrected chi connectivity index (χ3v) is 4.14. The number of hydrogen-bond donors (Lipinski definition) is 3. The number of hydrogen-bond acceptors (Lipinski definition) is 6. The maximum Gasteiger partial charge on any atom is 0.271 e. The van der Waals surface area contributed by atoms with Crippen molar-refractivity contribution in [1.82, 2.24) is 20.3 Å². The molecule has 2 aromatic rings. The molecule has 0 saturated heterocycles. The van der Waals surface area contributed by atoms with Crippen LogP contribution in [-0.4, -0.2) is 39.2 Å². The lowest BCUT2D eigenvalue weighted by atomic mass is 9.75. The molecule has 126 valence electrons. The van der Waals surface area contributed by atoms with Crippen LogP contribution in [0.5, 0.6) is 5.75 Å². The molecular formula is C16H18N4O4. The van der Waals surface area contributed by atoms with Gasteiger partial charge in [0.25, 0.3) is 11.5 Å². The number of carbonyl (C=O) groups excluding carboxylic acids is 1. The minimum absolute atomic E-state index is 0.0978. The largest absolute Gasteiger partial charge is 0.495 e. The summed E-state index contributed by atoms with van der Waals surface area (Å²) in [5.74, 6) is 0.287. The number of aliphatic hydroxyl groups is 1. The van der Waals surface area contributed by atoms with Crippen molar-refractivity contribution in [2.45, 2.75) is 25.0 Å². The maximum atomic E-state index is 12.4. The minimum Gasteiger partial charge on any atom is -0.495 e. The number of rotatable bonds is 5. The van der Waals surface area contributed by atoms with E-state index in [2.05, 4.69) is 20.3 Å². The molecule has 1 aliphatic rings. The van der Waals surface area contributed by atoms with E-state index in [0.29, 0.717) is 18.6 Å². The fourth-order valence-electron chi connectivity index (χ4n) is 2.77. The molecule has 8 heteroatoms. The lowest BCUT2D eigenvalue weighted by Gasteiger charge is -2.38. The van der Waals surface area contributed by atoms with Crippen molar-refractivity contribution in [2.75, 3.05) is 7.11 Å². The van der Waals surface area contributed by atoms with Gasteiger partial charge in [0, 0.05) is 12.4 Å². The first-order valence-electron chi connectivity index (χ1n) is 7.59. The standard InChI is InChI=1S/C16H18N4O4/c1-24-12-4-10(5-17-6-12)15(9-2-11(21)3-9)20-16(23)13-7-19-14(22)8-18-13/h4-9,11,15,21H,2-3H2,1H3,(H,19,22)(H,20,23). The third kappa shape index (κ3) is 3.43. The van der Waals surface area contributed by atoms with E-state index in [0.717, 1.165) is 11.8 Å². The molecule has 2 heterocycles. The Hall–Kier alpha value is -2.74. The normalized spacial score (nSPS) is 20.8. The summed E-state index contributed by atoms with van der Waals surface area (Å²) in [5.41, 5.74) is 0.543. The van der Waals surface area contributed by atoms with Gasteiger partial charge in [-0.25, -0.2) is 4.98 Å². The lowest BCUT2D eigenvalue weighted by Crippen LogP contribution is -2.41. The van der Waals surface area contributed by atoms with Gasteiger partial charge in [0.05, 0.1) is 31.6 Å². The Kier molecular flexibility index (Phi) is 4.57. The first kappa shape index (κ1) is 16.1. The monoisotopic (exact) mass is 330 g/mol. The summed E-state index contributed by atoms with van der Waals surface area (Å²) in [4.78, 5) is 33.9. The fourth-order valence-corrected chi connectivity index (χ4v) is 2.77. The van der Waals surface area contributed by atoms with Crippen molar-refractivity contribution in [3.8, 4) is 5.75 Å². The van der Waals surface area contributed by atoms with E-state index >= 15 is 0 Å².